The summed E-state index contributed by atoms with van der Waals surface area (Å²) in [7, 11) is 1.41. The van der Waals surface area contributed by atoms with Gasteiger partial charge in [-0.1, -0.05) is 17.7 Å². The fraction of sp³-hybridized carbons (Fsp3) is 0.412. The predicted molar refractivity (Wildman–Crippen MR) is 90.5 cm³/mol. The summed E-state index contributed by atoms with van der Waals surface area (Å²) in [6.07, 6.45) is -2.26. The van der Waals surface area contributed by atoms with Gasteiger partial charge >= 0.3 is 6.18 Å². The molecule has 0 atom stereocenters. The summed E-state index contributed by atoms with van der Waals surface area (Å²) in [6.45, 7) is -0.311. The molecule has 140 valence electrons. The number of ether oxygens (including phenoxy) is 1. The zero-order chi connectivity index (χ0) is 18.9. The highest BCUT2D eigenvalue weighted by atomic mass is 35.5. The minimum absolute atomic E-state index is 0.205. The van der Waals surface area contributed by atoms with E-state index in [0.717, 1.165) is 11.1 Å². The molecule has 3 rings (SSSR count). The highest BCUT2D eigenvalue weighted by Crippen LogP contribution is 2.36. The number of nitrogens with zero attached hydrogens (tertiary/aromatic N) is 2. The number of methoxy groups -OCH3 is 1. The van der Waals surface area contributed by atoms with Gasteiger partial charge in [0, 0.05) is 11.3 Å². The largest absolute Gasteiger partial charge is 0.493 e. The SMILES string of the molecule is COc1c(Cl)cccc1NC(=O)Cn1nc(C(F)(F)F)c2c1CCCC2. The first-order chi connectivity index (χ1) is 12.3. The topological polar surface area (TPSA) is 56.1 Å². The maximum absolute atomic E-state index is 13.2. The number of carbonyl (C=O) groups is 1. The van der Waals surface area contributed by atoms with Gasteiger partial charge in [0.25, 0.3) is 0 Å². The first-order valence-corrected chi connectivity index (χ1v) is 8.47. The van der Waals surface area contributed by atoms with Crippen molar-refractivity contribution in [1.29, 1.82) is 0 Å². The molecular weight excluding hydrogens is 371 g/mol. The van der Waals surface area contributed by atoms with Gasteiger partial charge in [0.05, 0.1) is 17.8 Å². The number of halogens is 4. The van der Waals surface area contributed by atoms with E-state index in [1.54, 1.807) is 18.2 Å². The van der Waals surface area contributed by atoms with E-state index in [9.17, 15) is 18.0 Å². The Kier molecular flexibility index (Phi) is 5.13. The number of para-hydroxylation sites is 1. The second-order valence-electron chi connectivity index (χ2n) is 6.01. The van der Waals surface area contributed by atoms with Crippen LogP contribution in [0.5, 0.6) is 5.75 Å². The number of alkyl halides is 3. The molecule has 0 bridgehead atoms. The number of anilines is 1. The summed E-state index contributed by atoms with van der Waals surface area (Å²) < 4.78 is 45.9. The van der Waals surface area contributed by atoms with Crippen LogP contribution in [-0.2, 0) is 30.4 Å². The van der Waals surface area contributed by atoms with Gasteiger partial charge in [-0.05, 0) is 37.8 Å². The van der Waals surface area contributed by atoms with Gasteiger partial charge in [-0.15, -0.1) is 0 Å². The van der Waals surface area contributed by atoms with Crippen LogP contribution in [0.15, 0.2) is 18.2 Å². The van der Waals surface area contributed by atoms with Crippen molar-refractivity contribution in [2.45, 2.75) is 38.4 Å². The van der Waals surface area contributed by atoms with Crippen LogP contribution in [-0.4, -0.2) is 22.8 Å². The van der Waals surface area contributed by atoms with E-state index in [0.29, 0.717) is 41.4 Å². The Morgan fingerprint density at radius 1 is 1.35 bits per heavy atom. The molecule has 2 aromatic rings. The molecule has 1 aliphatic rings. The molecule has 1 aromatic carbocycles. The van der Waals surface area contributed by atoms with E-state index in [2.05, 4.69) is 10.4 Å². The Morgan fingerprint density at radius 3 is 2.77 bits per heavy atom. The average molecular weight is 388 g/mol. The Balaban J connectivity index is 1.84. The summed E-state index contributed by atoms with van der Waals surface area (Å²) in [5.41, 5.74) is 0.149. The van der Waals surface area contributed by atoms with Crippen LogP contribution < -0.4 is 10.1 Å². The lowest BCUT2D eigenvalue weighted by atomic mass is 9.95. The second-order valence-corrected chi connectivity index (χ2v) is 6.41. The molecule has 1 amide bonds. The van der Waals surface area contributed by atoms with Crippen molar-refractivity contribution in [3.05, 3.63) is 40.2 Å². The van der Waals surface area contributed by atoms with Crippen molar-refractivity contribution in [1.82, 2.24) is 9.78 Å². The molecular formula is C17H17ClF3N3O2. The second kappa shape index (κ2) is 7.19. The normalized spacial score (nSPS) is 14.0. The summed E-state index contributed by atoms with van der Waals surface area (Å²) in [4.78, 5) is 12.4. The molecule has 26 heavy (non-hydrogen) atoms. The van der Waals surface area contributed by atoms with Crippen LogP contribution in [0.3, 0.4) is 0 Å². The van der Waals surface area contributed by atoms with Gasteiger partial charge < -0.3 is 10.1 Å². The molecule has 0 spiro atoms. The number of hydrogen-bond donors (Lipinski definition) is 1. The molecule has 0 saturated heterocycles. The molecule has 5 nitrogen and oxygen atoms in total. The number of fused-ring (bicyclic) bond motifs is 1. The van der Waals surface area contributed by atoms with E-state index in [1.807, 2.05) is 0 Å². The lowest BCUT2D eigenvalue weighted by Crippen LogP contribution is -2.22. The third-order valence-corrected chi connectivity index (χ3v) is 4.56. The van der Waals surface area contributed by atoms with Crippen LogP contribution in [0.1, 0.15) is 29.8 Å². The monoisotopic (exact) mass is 387 g/mol. The van der Waals surface area contributed by atoms with Crippen LogP contribution in [0.25, 0.3) is 0 Å². The predicted octanol–water partition coefficient (Wildman–Crippen LogP) is 4.08. The number of carbonyl (C=O) groups excluding carboxylic acids is 1. The Labute approximate surface area is 153 Å². The fourth-order valence-electron chi connectivity index (χ4n) is 3.17. The van der Waals surface area contributed by atoms with Gasteiger partial charge in [0.1, 0.15) is 6.54 Å². The van der Waals surface area contributed by atoms with E-state index < -0.39 is 17.8 Å². The number of benzene rings is 1. The molecule has 0 aliphatic heterocycles. The lowest BCUT2D eigenvalue weighted by molar-refractivity contribution is -0.142. The first kappa shape index (κ1) is 18.6. The number of amides is 1. The maximum Gasteiger partial charge on any atom is 0.435 e. The van der Waals surface area contributed by atoms with Gasteiger partial charge in [0.15, 0.2) is 11.4 Å². The molecule has 0 fully saturated rings. The Hall–Kier alpha value is -2.22. The number of hydrogen-bond acceptors (Lipinski definition) is 3. The van der Waals surface area contributed by atoms with Crippen LogP contribution in [0, 0.1) is 0 Å². The number of nitrogens with one attached hydrogen (secondary N) is 1. The third kappa shape index (κ3) is 3.65. The van der Waals surface area contributed by atoms with Crippen molar-refractivity contribution < 1.29 is 22.7 Å². The molecule has 0 saturated carbocycles. The van der Waals surface area contributed by atoms with Crippen LogP contribution in [0.4, 0.5) is 18.9 Å². The van der Waals surface area contributed by atoms with E-state index in [-0.39, 0.29) is 12.1 Å². The van der Waals surface area contributed by atoms with Crippen molar-refractivity contribution in [3.8, 4) is 5.75 Å². The molecule has 1 N–H and O–H groups in total. The third-order valence-electron chi connectivity index (χ3n) is 4.26. The van der Waals surface area contributed by atoms with E-state index in [1.165, 1.54) is 7.11 Å². The minimum atomic E-state index is -4.53. The molecule has 0 unspecified atom stereocenters. The smallest absolute Gasteiger partial charge is 0.435 e. The highest BCUT2D eigenvalue weighted by Gasteiger charge is 2.39. The fourth-order valence-corrected chi connectivity index (χ4v) is 3.42. The van der Waals surface area contributed by atoms with Gasteiger partial charge in [-0.2, -0.15) is 18.3 Å². The van der Waals surface area contributed by atoms with Gasteiger partial charge in [-0.25, -0.2) is 0 Å². The zero-order valence-electron chi connectivity index (χ0n) is 14.0. The van der Waals surface area contributed by atoms with Crippen molar-refractivity contribution >= 4 is 23.2 Å². The number of rotatable bonds is 4. The molecule has 9 heteroatoms. The number of aromatic nitrogens is 2. The minimum Gasteiger partial charge on any atom is -0.493 e. The maximum atomic E-state index is 13.2. The van der Waals surface area contributed by atoms with Crippen molar-refractivity contribution in [3.63, 3.8) is 0 Å². The van der Waals surface area contributed by atoms with Crippen LogP contribution in [0.2, 0.25) is 5.02 Å². The molecule has 1 aromatic heterocycles. The summed E-state index contributed by atoms with van der Waals surface area (Å²) in [5, 5.41) is 6.61. The summed E-state index contributed by atoms with van der Waals surface area (Å²) >= 11 is 6.00. The first-order valence-electron chi connectivity index (χ1n) is 8.09. The van der Waals surface area contributed by atoms with Gasteiger partial charge in [0.2, 0.25) is 5.91 Å². The van der Waals surface area contributed by atoms with E-state index >= 15 is 0 Å². The molecule has 1 heterocycles. The highest BCUT2D eigenvalue weighted by molar-refractivity contribution is 6.32. The lowest BCUT2D eigenvalue weighted by Gasteiger charge is -2.15. The summed E-state index contributed by atoms with van der Waals surface area (Å²) in [5.74, 6) is -0.212. The van der Waals surface area contributed by atoms with Gasteiger partial charge in [-0.3, -0.25) is 9.48 Å². The standard InChI is InChI=1S/C17H17ClF3N3O2/c1-26-15-11(18)6-4-7-12(15)22-14(25)9-24-13-8-3-2-5-10(13)16(23-24)17(19,20)21/h4,6-7H,2-3,5,8-9H2,1H3,(H,22,25). The zero-order valence-corrected chi connectivity index (χ0v) is 14.7. The quantitative estimate of drug-likeness (QED) is 0.860. The summed E-state index contributed by atoms with van der Waals surface area (Å²) in [6, 6.07) is 4.84. The van der Waals surface area contributed by atoms with Crippen molar-refractivity contribution in [2.24, 2.45) is 0 Å². The average Bonchev–Trinajstić information content (AvgIpc) is 2.94. The van der Waals surface area contributed by atoms with Crippen molar-refractivity contribution in [2.75, 3.05) is 12.4 Å². The van der Waals surface area contributed by atoms with Crippen LogP contribution >= 0.6 is 11.6 Å². The molecule has 0 radical (unpaired) electrons. The Bertz CT molecular complexity index is 833. The van der Waals surface area contributed by atoms with E-state index in [4.69, 9.17) is 16.3 Å². The Morgan fingerprint density at radius 2 is 2.08 bits per heavy atom. The molecule has 1 aliphatic carbocycles.